The molecule has 1 aromatic carbocycles. The molecule has 0 bridgehead atoms. The molecule has 2 N–H and O–H groups in total. The molecule has 1 rings (SSSR count). The second kappa shape index (κ2) is 5.11. The smallest absolute Gasteiger partial charge is 0.305 e. The standard InChI is InChI=1S/C10H12N2O4/c1-16-10(13)5-3-7-2-4-8(11)6-9(7)12(14)15/h2,4,6H,3,5,11H2,1H3. The minimum Gasteiger partial charge on any atom is -0.469 e. The van der Waals surface area contributed by atoms with Crippen LogP contribution in [0.2, 0.25) is 0 Å². The summed E-state index contributed by atoms with van der Waals surface area (Å²) in [6, 6.07) is 4.41. The average Bonchev–Trinajstić information content (AvgIpc) is 2.26. The molecule has 0 aliphatic heterocycles. The fourth-order valence-electron chi connectivity index (χ4n) is 1.30. The van der Waals surface area contributed by atoms with Gasteiger partial charge in [0.05, 0.1) is 12.0 Å². The summed E-state index contributed by atoms with van der Waals surface area (Å²) in [6.07, 6.45) is 0.379. The van der Waals surface area contributed by atoms with Crippen LogP contribution in [0, 0.1) is 10.1 Å². The van der Waals surface area contributed by atoms with Crippen LogP contribution in [0.25, 0.3) is 0 Å². The van der Waals surface area contributed by atoms with E-state index in [1.807, 2.05) is 0 Å². The summed E-state index contributed by atoms with van der Waals surface area (Å²) in [5, 5.41) is 10.7. The maximum atomic E-state index is 10.9. The van der Waals surface area contributed by atoms with Crippen LogP contribution in [-0.2, 0) is 16.0 Å². The molecule has 0 heterocycles. The van der Waals surface area contributed by atoms with E-state index in [9.17, 15) is 14.9 Å². The summed E-state index contributed by atoms with van der Waals surface area (Å²) in [5.74, 6) is -0.397. The molecule has 0 amide bonds. The second-order valence-electron chi connectivity index (χ2n) is 3.22. The molecular weight excluding hydrogens is 212 g/mol. The van der Waals surface area contributed by atoms with Crippen LogP contribution in [-0.4, -0.2) is 18.0 Å². The minimum absolute atomic E-state index is 0.0658. The molecule has 86 valence electrons. The monoisotopic (exact) mass is 224 g/mol. The van der Waals surface area contributed by atoms with Gasteiger partial charge in [0.15, 0.2) is 0 Å². The summed E-state index contributed by atoms with van der Waals surface area (Å²) in [7, 11) is 1.28. The van der Waals surface area contributed by atoms with Crippen molar-refractivity contribution in [3.63, 3.8) is 0 Å². The van der Waals surface area contributed by atoms with Gasteiger partial charge in [-0.3, -0.25) is 14.9 Å². The number of nitrogen functional groups attached to an aromatic ring is 1. The maximum Gasteiger partial charge on any atom is 0.305 e. The molecule has 6 heteroatoms. The van der Waals surface area contributed by atoms with Gasteiger partial charge in [0, 0.05) is 23.7 Å². The van der Waals surface area contributed by atoms with E-state index in [0.717, 1.165) is 0 Å². The van der Waals surface area contributed by atoms with Gasteiger partial charge < -0.3 is 10.5 Å². The zero-order chi connectivity index (χ0) is 12.1. The number of carbonyl (C=O) groups excluding carboxylic acids is 1. The Kier molecular flexibility index (Phi) is 3.82. The van der Waals surface area contributed by atoms with Crippen molar-refractivity contribution in [3.8, 4) is 0 Å². The number of aryl methyl sites for hydroxylation is 1. The zero-order valence-electron chi connectivity index (χ0n) is 8.80. The Balaban J connectivity index is 2.87. The molecule has 0 radical (unpaired) electrons. The van der Waals surface area contributed by atoms with Gasteiger partial charge >= 0.3 is 5.97 Å². The van der Waals surface area contributed by atoms with Crippen molar-refractivity contribution in [2.45, 2.75) is 12.8 Å². The molecule has 0 aliphatic rings. The molecule has 6 nitrogen and oxygen atoms in total. The number of nitro benzene ring substituents is 1. The third-order valence-corrected chi connectivity index (χ3v) is 2.13. The molecule has 0 unspecified atom stereocenters. The summed E-state index contributed by atoms with van der Waals surface area (Å²) < 4.78 is 4.46. The highest BCUT2D eigenvalue weighted by Gasteiger charge is 2.14. The fourth-order valence-corrected chi connectivity index (χ4v) is 1.30. The minimum atomic E-state index is -0.511. The first-order valence-electron chi connectivity index (χ1n) is 4.64. The van der Waals surface area contributed by atoms with E-state index in [4.69, 9.17) is 5.73 Å². The van der Waals surface area contributed by atoms with Crippen molar-refractivity contribution in [2.24, 2.45) is 0 Å². The van der Waals surface area contributed by atoms with E-state index in [1.54, 1.807) is 12.1 Å². The number of hydrogen-bond acceptors (Lipinski definition) is 5. The Morgan fingerprint density at radius 2 is 2.25 bits per heavy atom. The molecule has 0 saturated carbocycles. The SMILES string of the molecule is COC(=O)CCc1ccc(N)cc1[N+](=O)[O-]. The van der Waals surface area contributed by atoms with Gasteiger partial charge in [0.1, 0.15) is 0 Å². The molecule has 0 saturated heterocycles. The normalized spacial score (nSPS) is 9.81. The van der Waals surface area contributed by atoms with Crippen LogP contribution < -0.4 is 5.73 Å². The number of nitro groups is 1. The first kappa shape index (κ1) is 12.0. The van der Waals surface area contributed by atoms with E-state index < -0.39 is 10.9 Å². The highest BCUT2D eigenvalue weighted by Crippen LogP contribution is 2.22. The first-order chi connectivity index (χ1) is 7.54. The molecular formula is C10H12N2O4. The van der Waals surface area contributed by atoms with Crippen molar-refractivity contribution in [2.75, 3.05) is 12.8 Å². The summed E-state index contributed by atoms with van der Waals surface area (Å²) in [5.41, 5.74) is 6.19. The van der Waals surface area contributed by atoms with E-state index in [-0.39, 0.29) is 18.5 Å². The molecule has 0 aliphatic carbocycles. The van der Waals surface area contributed by atoms with E-state index in [0.29, 0.717) is 11.3 Å². The number of nitrogens with two attached hydrogens (primary N) is 1. The van der Waals surface area contributed by atoms with Crippen molar-refractivity contribution < 1.29 is 14.5 Å². The van der Waals surface area contributed by atoms with Gasteiger partial charge in [-0.25, -0.2) is 0 Å². The average molecular weight is 224 g/mol. The third-order valence-electron chi connectivity index (χ3n) is 2.13. The fraction of sp³-hybridized carbons (Fsp3) is 0.300. The lowest BCUT2D eigenvalue weighted by molar-refractivity contribution is -0.385. The summed E-state index contributed by atoms with van der Waals surface area (Å²) >= 11 is 0. The van der Waals surface area contributed by atoms with Crippen molar-refractivity contribution >= 4 is 17.3 Å². The number of hydrogen-bond donors (Lipinski definition) is 1. The van der Waals surface area contributed by atoms with Crippen LogP contribution >= 0.6 is 0 Å². The van der Waals surface area contributed by atoms with Gasteiger partial charge in [0.25, 0.3) is 5.69 Å². The van der Waals surface area contributed by atoms with Crippen LogP contribution in [0.3, 0.4) is 0 Å². The van der Waals surface area contributed by atoms with Gasteiger partial charge in [-0.05, 0) is 12.5 Å². The summed E-state index contributed by atoms with van der Waals surface area (Å²) in [6.45, 7) is 0. The number of nitrogens with zero attached hydrogens (tertiary/aromatic N) is 1. The number of rotatable bonds is 4. The number of carbonyl (C=O) groups is 1. The highest BCUT2D eigenvalue weighted by atomic mass is 16.6. The largest absolute Gasteiger partial charge is 0.469 e. The van der Waals surface area contributed by atoms with Gasteiger partial charge in [-0.2, -0.15) is 0 Å². The number of ether oxygens (including phenoxy) is 1. The van der Waals surface area contributed by atoms with Crippen molar-refractivity contribution in [1.29, 1.82) is 0 Å². The van der Waals surface area contributed by atoms with Gasteiger partial charge in [-0.1, -0.05) is 6.07 Å². The quantitative estimate of drug-likeness (QED) is 0.359. The van der Waals surface area contributed by atoms with Crippen molar-refractivity contribution in [1.82, 2.24) is 0 Å². The number of methoxy groups -OCH3 is 1. The maximum absolute atomic E-state index is 10.9. The second-order valence-corrected chi connectivity index (χ2v) is 3.22. The predicted molar refractivity (Wildman–Crippen MR) is 57.8 cm³/mol. The predicted octanol–water partition coefficient (Wildman–Crippen LogP) is 1.28. The van der Waals surface area contributed by atoms with Crippen LogP contribution in [0.5, 0.6) is 0 Å². The number of anilines is 1. The molecule has 1 aromatic rings. The molecule has 0 fully saturated rings. The molecule has 16 heavy (non-hydrogen) atoms. The third kappa shape index (κ3) is 2.94. The number of esters is 1. The van der Waals surface area contributed by atoms with Crippen LogP contribution in [0.15, 0.2) is 18.2 Å². The Morgan fingerprint density at radius 1 is 1.56 bits per heavy atom. The first-order valence-corrected chi connectivity index (χ1v) is 4.64. The van der Waals surface area contributed by atoms with E-state index in [1.165, 1.54) is 13.2 Å². The van der Waals surface area contributed by atoms with Crippen LogP contribution in [0.4, 0.5) is 11.4 Å². The lowest BCUT2D eigenvalue weighted by Crippen LogP contribution is -2.04. The molecule has 0 spiro atoms. The lowest BCUT2D eigenvalue weighted by Gasteiger charge is -2.03. The topological polar surface area (TPSA) is 95.5 Å². The Labute approximate surface area is 92.2 Å². The highest BCUT2D eigenvalue weighted by molar-refractivity contribution is 5.70. The van der Waals surface area contributed by atoms with Gasteiger partial charge in [0.2, 0.25) is 0 Å². The Morgan fingerprint density at radius 3 is 2.81 bits per heavy atom. The summed E-state index contributed by atoms with van der Waals surface area (Å²) in [4.78, 5) is 21.1. The molecule has 0 atom stereocenters. The zero-order valence-corrected chi connectivity index (χ0v) is 8.80. The lowest BCUT2D eigenvalue weighted by atomic mass is 10.1. The Hall–Kier alpha value is -2.11. The number of benzene rings is 1. The van der Waals surface area contributed by atoms with E-state index >= 15 is 0 Å². The molecule has 0 aromatic heterocycles. The van der Waals surface area contributed by atoms with Gasteiger partial charge in [-0.15, -0.1) is 0 Å². The van der Waals surface area contributed by atoms with Crippen molar-refractivity contribution in [3.05, 3.63) is 33.9 Å². The van der Waals surface area contributed by atoms with E-state index in [2.05, 4.69) is 4.74 Å². The van der Waals surface area contributed by atoms with Crippen LogP contribution in [0.1, 0.15) is 12.0 Å². The Bertz CT molecular complexity index is 417.